The van der Waals surface area contributed by atoms with Crippen molar-refractivity contribution >= 4 is 11.6 Å². The summed E-state index contributed by atoms with van der Waals surface area (Å²) in [7, 11) is 3.99. The summed E-state index contributed by atoms with van der Waals surface area (Å²) in [5.74, 6) is 0.853. The summed E-state index contributed by atoms with van der Waals surface area (Å²) < 4.78 is 1.77. The standard InChI is InChI=1S/C14H24ClN3/c1-10-12(14(15)18(3)17-10)8-9-13(16-2)11-6-4-5-7-11/h11,13,16H,4-9H2,1-3H3. The van der Waals surface area contributed by atoms with Crippen LogP contribution in [0.25, 0.3) is 0 Å². The Morgan fingerprint density at radius 3 is 2.61 bits per heavy atom. The highest BCUT2D eigenvalue weighted by atomic mass is 35.5. The van der Waals surface area contributed by atoms with Gasteiger partial charge in [0.05, 0.1) is 5.69 Å². The van der Waals surface area contributed by atoms with E-state index in [9.17, 15) is 0 Å². The van der Waals surface area contributed by atoms with Crippen molar-refractivity contribution in [1.82, 2.24) is 15.1 Å². The first-order valence-corrected chi connectivity index (χ1v) is 7.36. The van der Waals surface area contributed by atoms with Crippen LogP contribution in [-0.4, -0.2) is 22.9 Å². The Balaban J connectivity index is 1.96. The highest BCUT2D eigenvalue weighted by Crippen LogP contribution is 2.30. The monoisotopic (exact) mass is 269 g/mol. The third-order valence-electron chi connectivity index (χ3n) is 4.31. The lowest BCUT2D eigenvalue weighted by Crippen LogP contribution is -2.32. The van der Waals surface area contributed by atoms with E-state index in [-0.39, 0.29) is 0 Å². The minimum atomic E-state index is 0.628. The number of rotatable bonds is 5. The molecule has 18 heavy (non-hydrogen) atoms. The topological polar surface area (TPSA) is 29.9 Å². The van der Waals surface area contributed by atoms with Gasteiger partial charge in [0.25, 0.3) is 0 Å². The van der Waals surface area contributed by atoms with Gasteiger partial charge in [-0.3, -0.25) is 4.68 Å². The Morgan fingerprint density at radius 2 is 2.11 bits per heavy atom. The molecular formula is C14H24ClN3. The largest absolute Gasteiger partial charge is 0.317 e. The average molecular weight is 270 g/mol. The molecule has 1 N–H and O–H groups in total. The highest BCUT2D eigenvalue weighted by Gasteiger charge is 2.24. The molecule has 0 amide bonds. The molecule has 1 atom stereocenters. The van der Waals surface area contributed by atoms with Gasteiger partial charge in [0, 0.05) is 18.7 Å². The fourth-order valence-electron chi connectivity index (χ4n) is 3.23. The van der Waals surface area contributed by atoms with Crippen LogP contribution in [-0.2, 0) is 13.5 Å². The van der Waals surface area contributed by atoms with Crippen molar-refractivity contribution in [1.29, 1.82) is 0 Å². The number of aromatic nitrogens is 2. The molecule has 1 aromatic heterocycles. The third-order valence-corrected chi connectivity index (χ3v) is 4.79. The second-order valence-electron chi connectivity index (χ2n) is 5.46. The predicted molar refractivity (Wildman–Crippen MR) is 76.1 cm³/mol. The summed E-state index contributed by atoms with van der Waals surface area (Å²) >= 11 is 6.28. The molecule has 0 saturated heterocycles. The Morgan fingerprint density at radius 1 is 1.44 bits per heavy atom. The lowest BCUT2D eigenvalue weighted by Gasteiger charge is -2.22. The molecule has 4 heteroatoms. The molecule has 0 aliphatic heterocycles. The molecule has 0 bridgehead atoms. The lowest BCUT2D eigenvalue weighted by molar-refractivity contribution is 0.360. The molecule has 3 nitrogen and oxygen atoms in total. The minimum Gasteiger partial charge on any atom is -0.317 e. The molecule has 0 radical (unpaired) electrons. The van der Waals surface area contributed by atoms with Gasteiger partial charge in [-0.1, -0.05) is 24.4 Å². The second kappa shape index (κ2) is 6.07. The summed E-state index contributed by atoms with van der Waals surface area (Å²) in [4.78, 5) is 0. The number of halogens is 1. The van der Waals surface area contributed by atoms with E-state index in [4.69, 9.17) is 11.6 Å². The Labute approximate surface area is 115 Å². The number of hydrogen-bond acceptors (Lipinski definition) is 2. The molecule has 1 aliphatic rings. The number of nitrogens with zero attached hydrogens (tertiary/aromatic N) is 2. The Bertz CT molecular complexity index is 394. The molecule has 1 aliphatic carbocycles. The quantitative estimate of drug-likeness (QED) is 0.890. The number of nitrogens with one attached hydrogen (secondary N) is 1. The first kappa shape index (κ1) is 13.9. The summed E-state index contributed by atoms with van der Waals surface area (Å²) in [6.45, 7) is 2.05. The van der Waals surface area contributed by atoms with Crippen molar-refractivity contribution in [3.8, 4) is 0 Å². The maximum atomic E-state index is 6.28. The Kier molecular flexibility index (Phi) is 4.68. The fourth-order valence-corrected chi connectivity index (χ4v) is 3.50. The van der Waals surface area contributed by atoms with Crippen molar-refractivity contribution in [3.63, 3.8) is 0 Å². The van der Waals surface area contributed by atoms with Crippen LogP contribution in [0, 0.1) is 12.8 Å². The van der Waals surface area contributed by atoms with E-state index in [2.05, 4.69) is 17.5 Å². The zero-order chi connectivity index (χ0) is 13.1. The number of hydrogen-bond donors (Lipinski definition) is 1. The van der Waals surface area contributed by atoms with Gasteiger partial charge in [0.2, 0.25) is 0 Å². The van der Waals surface area contributed by atoms with Gasteiger partial charge in [0.1, 0.15) is 5.15 Å². The fraction of sp³-hybridized carbons (Fsp3) is 0.786. The van der Waals surface area contributed by atoms with E-state index in [1.165, 1.54) is 31.2 Å². The molecule has 1 unspecified atom stereocenters. The predicted octanol–water partition coefficient (Wildman–Crippen LogP) is 3.09. The van der Waals surface area contributed by atoms with E-state index >= 15 is 0 Å². The van der Waals surface area contributed by atoms with Crippen molar-refractivity contribution in [3.05, 3.63) is 16.4 Å². The zero-order valence-electron chi connectivity index (χ0n) is 11.7. The molecule has 0 aromatic carbocycles. The maximum absolute atomic E-state index is 6.28. The lowest BCUT2D eigenvalue weighted by atomic mass is 9.93. The first-order valence-electron chi connectivity index (χ1n) is 6.98. The number of aryl methyl sites for hydroxylation is 2. The SMILES string of the molecule is CNC(CCc1c(C)nn(C)c1Cl)C1CCCC1. The van der Waals surface area contributed by atoms with Gasteiger partial charge in [0.15, 0.2) is 0 Å². The highest BCUT2D eigenvalue weighted by molar-refractivity contribution is 6.30. The zero-order valence-corrected chi connectivity index (χ0v) is 12.4. The van der Waals surface area contributed by atoms with Crippen LogP contribution in [0.1, 0.15) is 43.4 Å². The van der Waals surface area contributed by atoms with Crippen molar-refractivity contribution in [2.75, 3.05) is 7.05 Å². The van der Waals surface area contributed by atoms with Gasteiger partial charge in [-0.2, -0.15) is 5.10 Å². The van der Waals surface area contributed by atoms with Gasteiger partial charge in [-0.05, 0) is 45.6 Å². The molecule has 102 valence electrons. The molecule has 2 rings (SSSR count). The average Bonchev–Trinajstić information content (AvgIpc) is 2.94. The van der Waals surface area contributed by atoms with Crippen molar-refractivity contribution < 1.29 is 0 Å². The molecular weight excluding hydrogens is 246 g/mol. The van der Waals surface area contributed by atoms with Crippen LogP contribution in [0.2, 0.25) is 5.15 Å². The normalized spacial score (nSPS) is 18.4. The smallest absolute Gasteiger partial charge is 0.130 e. The van der Waals surface area contributed by atoms with E-state index in [0.717, 1.165) is 29.6 Å². The molecule has 1 fully saturated rings. The van der Waals surface area contributed by atoms with E-state index < -0.39 is 0 Å². The molecule has 1 aromatic rings. The summed E-state index contributed by atoms with van der Waals surface area (Å²) in [5, 5.41) is 8.67. The van der Waals surface area contributed by atoms with Gasteiger partial charge < -0.3 is 5.32 Å². The Hall–Kier alpha value is -0.540. The van der Waals surface area contributed by atoms with E-state index in [1.807, 2.05) is 14.0 Å². The van der Waals surface area contributed by atoms with Crippen LogP contribution < -0.4 is 5.32 Å². The van der Waals surface area contributed by atoms with Gasteiger partial charge in [-0.15, -0.1) is 0 Å². The molecule has 1 heterocycles. The van der Waals surface area contributed by atoms with Crippen LogP contribution >= 0.6 is 11.6 Å². The second-order valence-corrected chi connectivity index (χ2v) is 5.81. The van der Waals surface area contributed by atoms with E-state index in [0.29, 0.717) is 6.04 Å². The van der Waals surface area contributed by atoms with Crippen LogP contribution in [0.3, 0.4) is 0 Å². The third kappa shape index (κ3) is 2.89. The summed E-state index contributed by atoms with van der Waals surface area (Å²) in [5.41, 5.74) is 2.29. The minimum absolute atomic E-state index is 0.628. The van der Waals surface area contributed by atoms with Crippen molar-refractivity contribution in [2.45, 2.75) is 51.5 Å². The van der Waals surface area contributed by atoms with Crippen molar-refractivity contribution in [2.24, 2.45) is 13.0 Å². The molecule has 0 spiro atoms. The van der Waals surface area contributed by atoms with Crippen LogP contribution in [0.15, 0.2) is 0 Å². The van der Waals surface area contributed by atoms with Gasteiger partial charge >= 0.3 is 0 Å². The van der Waals surface area contributed by atoms with Gasteiger partial charge in [-0.25, -0.2) is 0 Å². The van der Waals surface area contributed by atoms with Crippen LogP contribution in [0.4, 0.5) is 0 Å². The summed E-state index contributed by atoms with van der Waals surface area (Å²) in [6.07, 6.45) is 7.75. The summed E-state index contributed by atoms with van der Waals surface area (Å²) in [6, 6.07) is 0.628. The molecule has 1 saturated carbocycles. The van der Waals surface area contributed by atoms with Crippen LogP contribution in [0.5, 0.6) is 0 Å². The van der Waals surface area contributed by atoms with E-state index in [1.54, 1.807) is 4.68 Å². The first-order chi connectivity index (χ1) is 8.63. The maximum Gasteiger partial charge on any atom is 0.130 e.